The Morgan fingerprint density at radius 2 is 1.74 bits per heavy atom. The predicted octanol–water partition coefficient (Wildman–Crippen LogP) is 6.07. The zero-order valence-corrected chi connectivity index (χ0v) is 22.5. The number of aliphatic carboxylic acids is 1. The fourth-order valence-corrected chi connectivity index (χ4v) is 5.29. The van der Waals surface area contributed by atoms with Gasteiger partial charge in [0.1, 0.15) is 6.04 Å². The molecule has 12 heteroatoms. The van der Waals surface area contributed by atoms with E-state index in [-0.39, 0.29) is 28.9 Å². The average molecular weight is 600 g/mol. The minimum atomic E-state index is -4.69. The summed E-state index contributed by atoms with van der Waals surface area (Å²) in [5.41, 5.74) is 0.523. The maximum atomic E-state index is 14.0. The second kappa shape index (κ2) is 13.0. The number of hydrogen-bond donors (Lipinski definition) is 2. The first-order chi connectivity index (χ1) is 20.4. The van der Waals surface area contributed by atoms with Crippen molar-refractivity contribution in [2.24, 2.45) is 5.92 Å². The van der Waals surface area contributed by atoms with E-state index in [0.29, 0.717) is 5.69 Å². The molecule has 0 unspecified atom stereocenters. The van der Waals surface area contributed by atoms with Crippen LogP contribution in [0, 0.1) is 17.2 Å². The minimum absolute atomic E-state index is 0.00271. The Morgan fingerprint density at radius 3 is 2.37 bits per heavy atom. The van der Waals surface area contributed by atoms with E-state index in [0.717, 1.165) is 0 Å². The number of nitrogens with one attached hydrogen (secondary N) is 1. The van der Waals surface area contributed by atoms with Crippen molar-refractivity contribution in [3.63, 3.8) is 0 Å². The summed E-state index contributed by atoms with van der Waals surface area (Å²) in [6, 6.07) is 18.1. The molecular formula is C31H26F5N3O4. The zero-order valence-electron chi connectivity index (χ0n) is 22.5. The van der Waals surface area contributed by atoms with Crippen molar-refractivity contribution in [3.8, 4) is 6.07 Å². The maximum Gasteiger partial charge on any atom is 0.389 e. The molecule has 0 fully saturated rings. The Hall–Kier alpha value is -4.79. The number of carbonyl (C=O) groups is 3. The first kappa shape index (κ1) is 31.2. The lowest BCUT2D eigenvalue weighted by molar-refractivity contribution is -0.150. The molecule has 0 spiro atoms. The van der Waals surface area contributed by atoms with Gasteiger partial charge in [0, 0.05) is 29.8 Å². The van der Waals surface area contributed by atoms with Crippen LogP contribution in [0.15, 0.2) is 72.8 Å². The second-order valence-corrected chi connectivity index (χ2v) is 10.1. The molecular weight excluding hydrogens is 573 g/mol. The van der Waals surface area contributed by atoms with E-state index in [2.05, 4.69) is 5.32 Å². The van der Waals surface area contributed by atoms with E-state index in [1.54, 1.807) is 18.2 Å². The van der Waals surface area contributed by atoms with Crippen molar-refractivity contribution >= 4 is 29.0 Å². The molecule has 43 heavy (non-hydrogen) atoms. The number of benzene rings is 3. The van der Waals surface area contributed by atoms with E-state index in [4.69, 9.17) is 0 Å². The molecule has 7 nitrogen and oxygen atoms in total. The standard InChI is InChI=1S/C31H26F5N3O4/c32-28(33)21-10-5-11-25-23(21)15-26(40)24(17-39(25)20-9-4-6-18(14-20)16-37)38-29(41)22(12-13-31(34,35)36)27(30(42)43)19-7-2-1-3-8-19/h1-11,14,22,24,27-28H,12-13,15,17H2,(H,38,41)(H,42,43)/t22-,24+,27+/m1/s1. The molecule has 0 bridgehead atoms. The Kier molecular flexibility index (Phi) is 9.43. The number of carboxylic acid groups (broad SMARTS) is 1. The third-order valence-electron chi connectivity index (χ3n) is 7.32. The number of carboxylic acids is 1. The number of alkyl halides is 5. The number of nitrogens with zero attached hydrogens (tertiary/aromatic N) is 2. The summed E-state index contributed by atoms with van der Waals surface area (Å²) < 4.78 is 67.7. The number of rotatable bonds is 9. The topological polar surface area (TPSA) is 110 Å². The summed E-state index contributed by atoms with van der Waals surface area (Å²) in [4.78, 5) is 40.9. The fourth-order valence-electron chi connectivity index (χ4n) is 5.29. The molecule has 2 N–H and O–H groups in total. The van der Waals surface area contributed by atoms with E-state index in [1.165, 1.54) is 59.5 Å². The molecule has 3 aromatic rings. The number of carbonyl (C=O) groups excluding carboxylic acids is 2. The van der Waals surface area contributed by atoms with E-state index < -0.39 is 73.0 Å². The highest BCUT2D eigenvalue weighted by Crippen LogP contribution is 2.38. The lowest BCUT2D eigenvalue weighted by Crippen LogP contribution is -2.50. The lowest BCUT2D eigenvalue weighted by atomic mass is 9.82. The SMILES string of the molecule is N#Cc1cccc(N2C[C@H](NC(=O)[C@H](CCC(F)(F)F)[C@@H](C(=O)O)c3ccccc3)C(=O)Cc3c(C(F)F)cccc32)c1. The summed E-state index contributed by atoms with van der Waals surface area (Å²) in [5.74, 6) is -6.68. The molecule has 1 amide bonds. The van der Waals surface area contributed by atoms with Crippen molar-refractivity contribution in [1.29, 1.82) is 5.26 Å². The maximum absolute atomic E-state index is 14.0. The van der Waals surface area contributed by atoms with Gasteiger partial charge in [-0.1, -0.05) is 48.5 Å². The number of hydrogen-bond acceptors (Lipinski definition) is 5. The molecule has 3 atom stereocenters. The highest BCUT2D eigenvalue weighted by atomic mass is 19.4. The molecule has 1 aliphatic heterocycles. The van der Waals surface area contributed by atoms with Crippen LogP contribution in [0.5, 0.6) is 0 Å². The number of halogens is 5. The normalized spacial score (nSPS) is 16.5. The molecule has 3 aromatic carbocycles. The molecule has 224 valence electrons. The van der Waals surface area contributed by atoms with Crippen molar-refractivity contribution in [2.45, 2.75) is 43.8 Å². The fraction of sp³-hybridized carbons (Fsp3) is 0.290. The zero-order chi connectivity index (χ0) is 31.3. The predicted molar refractivity (Wildman–Crippen MR) is 146 cm³/mol. The Morgan fingerprint density at radius 1 is 1.05 bits per heavy atom. The van der Waals surface area contributed by atoms with Crippen LogP contribution in [0.25, 0.3) is 0 Å². The molecule has 0 aromatic heterocycles. The number of Topliss-reactive ketones (excluding diaryl/α,β-unsaturated/α-hetero) is 1. The van der Waals surface area contributed by atoms with E-state index in [1.807, 2.05) is 6.07 Å². The smallest absolute Gasteiger partial charge is 0.389 e. The van der Waals surface area contributed by atoms with Crippen LogP contribution in [0.3, 0.4) is 0 Å². The average Bonchev–Trinajstić information content (AvgIpc) is 3.10. The summed E-state index contributed by atoms with van der Waals surface area (Å²) in [6.45, 7) is -0.311. The number of ketones is 1. The monoisotopic (exact) mass is 599 g/mol. The third kappa shape index (κ3) is 7.35. The molecule has 0 aliphatic carbocycles. The molecule has 1 aliphatic rings. The van der Waals surface area contributed by atoms with Crippen LogP contribution in [0.2, 0.25) is 0 Å². The Balaban J connectivity index is 1.74. The molecule has 4 rings (SSSR count). The van der Waals surface area contributed by atoms with Crippen LogP contribution in [0.1, 0.15) is 47.4 Å². The van der Waals surface area contributed by atoms with Crippen LogP contribution in [0.4, 0.5) is 33.3 Å². The van der Waals surface area contributed by atoms with E-state index >= 15 is 0 Å². The number of fused-ring (bicyclic) bond motifs is 1. The van der Waals surface area contributed by atoms with Gasteiger partial charge in [-0.2, -0.15) is 18.4 Å². The van der Waals surface area contributed by atoms with Gasteiger partial charge in [0.2, 0.25) is 5.91 Å². The van der Waals surface area contributed by atoms with Gasteiger partial charge in [-0.25, -0.2) is 8.78 Å². The van der Waals surface area contributed by atoms with Gasteiger partial charge in [0.05, 0.1) is 30.0 Å². The van der Waals surface area contributed by atoms with Crippen LogP contribution in [-0.4, -0.2) is 41.5 Å². The number of nitriles is 1. The lowest BCUT2D eigenvalue weighted by Gasteiger charge is -2.30. The summed E-state index contributed by atoms with van der Waals surface area (Å²) in [6.07, 6.45) is -10.5. The largest absolute Gasteiger partial charge is 0.481 e. The van der Waals surface area contributed by atoms with Crippen molar-refractivity contribution in [2.75, 3.05) is 11.4 Å². The van der Waals surface area contributed by atoms with Gasteiger partial charge < -0.3 is 15.3 Å². The summed E-state index contributed by atoms with van der Waals surface area (Å²) in [7, 11) is 0. The molecule has 1 heterocycles. The quantitative estimate of drug-likeness (QED) is 0.289. The minimum Gasteiger partial charge on any atom is -0.481 e. The van der Waals surface area contributed by atoms with Crippen molar-refractivity contribution in [1.82, 2.24) is 5.32 Å². The molecule has 0 radical (unpaired) electrons. The van der Waals surface area contributed by atoms with Crippen molar-refractivity contribution in [3.05, 3.63) is 95.1 Å². The Labute approximate surface area is 243 Å². The molecule has 0 saturated carbocycles. The van der Waals surface area contributed by atoms with Crippen LogP contribution >= 0.6 is 0 Å². The first-order valence-electron chi connectivity index (χ1n) is 13.2. The molecule has 0 saturated heterocycles. The van der Waals surface area contributed by atoms with Gasteiger partial charge in [0.25, 0.3) is 6.43 Å². The van der Waals surface area contributed by atoms with Crippen LogP contribution < -0.4 is 10.2 Å². The number of anilines is 2. The first-order valence-corrected chi connectivity index (χ1v) is 13.2. The van der Waals surface area contributed by atoms with Gasteiger partial charge in [-0.05, 0) is 41.8 Å². The third-order valence-corrected chi connectivity index (χ3v) is 7.32. The van der Waals surface area contributed by atoms with E-state index in [9.17, 15) is 46.7 Å². The van der Waals surface area contributed by atoms with Crippen LogP contribution in [-0.2, 0) is 20.8 Å². The highest BCUT2D eigenvalue weighted by molar-refractivity contribution is 5.96. The van der Waals surface area contributed by atoms with Crippen molar-refractivity contribution < 1.29 is 41.4 Å². The van der Waals surface area contributed by atoms with Gasteiger partial charge in [-0.3, -0.25) is 14.4 Å². The van der Waals surface area contributed by atoms with Gasteiger partial charge in [-0.15, -0.1) is 0 Å². The summed E-state index contributed by atoms with van der Waals surface area (Å²) >= 11 is 0. The number of amides is 1. The highest BCUT2D eigenvalue weighted by Gasteiger charge is 2.41. The van der Waals surface area contributed by atoms with Gasteiger partial charge >= 0.3 is 12.1 Å². The summed E-state index contributed by atoms with van der Waals surface area (Å²) in [5, 5.41) is 21.8. The van der Waals surface area contributed by atoms with Gasteiger partial charge in [0.15, 0.2) is 5.78 Å². The second-order valence-electron chi connectivity index (χ2n) is 10.1. The Bertz CT molecular complexity index is 1540.